The number of carbonyl (C=O) groups excluding carboxylic acids is 2. The molecule has 0 spiro atoms. The topological polar surface area (TPSA) is 127 Å². The Kier molecular flexibility index (Phi) is 7.50. The molecule has 3 aromatic rings. The number of halogens is 3. The zero-order valence-electron chi connectivity index (χ0n) is 20.7. The molecule has 1 aliphatic rings. The third-order valence-electron chi connectivity index (χ3n) is 5.96. The summed E-state index contributed by atoms with van der Waals surface area (Å²) in [5.74, 6) is -2.84. The van der Waals surface area contributed by atoms with Crippen molar-refractivity contribution in [1.82, 2.24) is 15.5 Å². The maximum atomic E-state index is 12.4. The number of hydrogen-bond donors (Lipinski definition) is 1. The van der Waals surface area contributed by atoms with Crippen molar-refractivity contribution in [2.75, 3.05) is 6.54 Å². The highest BCUT2D eigenvalue weighted by Crippen LogP contribution is 2.34. The van der Waals surface area contributed by atoms with Crippen molar-refractivity contribution in [2.24, 2.45) is 0 Å². The van der Waals surface area contributed by atoms with E-state index >= 15 is 0 Å². The Hall–Kier alpha value is -4.24. The van der Waals surface area contributed by atoms with E-state index in [2.05, 4.69) is 26.3 Å². The van der Waals surface area contributed by atoms with Crippen LogP contribution in [0.3, 0.4) is 0 Å². The van der Waals surface area contributed by atoms with Crippen LogP contribution in [0.1, 0.15) is 48.6 Å². The number of benzene rings is 2. The monoisotopic (exact) mass is 528 g/mol. The molecule has 1 N–H and O–H groups in total. The van der Waals surface area contributed by atoms with Gasteiger partial charge in [-0.1, -0.05) is 17.3 Å². The molecule has 0 saturated heterocycles. The lowest BCUT2D eigenvalue weighted by atomic mass is 9.87. The molecule has 0 amide bonds. The molecule has 2 heterocycles. The fourth-order valence-corrected chi connectivity index (χ4v) is 4.27. The summed E-state index contributed by atoms with van der Waals surface area (Å²) < 4.78 is 52.3. The number of esters is 2. The molecular formula is C26H23F3N4O5. The van der Waals surface area contributed by atoms with Crippen molar-refractivity contribution in [3.63, 3.8) is 0 Å². The van der Waals surface area contributed by atoms with Crippen LogP contribution in [-0.4, -0.2) is 40.9 Å². The van der Waals surface area contributed by atoms with E-state index in [1.807, 2.05) is 20.8 Å². The average molecular weight is 528 g/mol. The van der Waals surface area contributed by atoms with E-state index in [-0.39, 0.29) is 12.0 Å². The second-order valence-corrected chi connectivity index (χ2v) is 8.94. The minimum atomic E-state index is -5.25. The second kappa shape index (κ2) is 10.6. The molecule has 2 aromatic carbocycles. The van der Waals surface area contributed by atoms with Gasteiger partial charge in [-0.25, -0.2) is 4.79 Å². The number of nitrogens with zero attached hydrogens (tertiary/aromatic N) is 3. The van der Waals surface area contributed by atoms with E-state index in [4.69, 9.17) is 9.26 Å². The maximum absolute atomic E-state index is 12.4. The van der Waals surface area contributed by atoms with Gasteiger partial charge in [-0.05, 0) is 68.6 Å². The molecule has 4 rings (SSSR count). The highest BCUT2D eigenvalue weighted by atomic mass is 19.4. The van der Waals surface area contributed by atoms with Crippen molar-refractivity contribution in [1.29, 1.82) is 5.26 Å². The molecule has 0 radical (unpaired) electrons. The molecule has 0 fully saturated rings. The first-order valence-electron chi connectivity index (χ1n) is 11.7. The van der Waals surface area contributed by atoms with Crippen LogP contribution >= 0.6 is 0 Å². The van der Waals surface area contributed by atoms with E-state index in [0.29, 0.717) is 46.8 Å². The van der Waals surface area contributed by atoms with Crippen LogP contribution in [0, 0.1) is 18.3 Å². The Labute approximate surface area is 215 Å². The van der Waals surface area contributed by atoms with Gasteiger partial charge < -0.3 is 19.3 Å². The van der Waals surface area contributed by atoms with E-state index in [0.717, 1.165) is 11.1 Å². The third kappa shape index (κ3) is 5.68. The van der Waals surface area contributed by atoms with E-state index in [1.165, 1.54) is 0 Å². The van der Waals surface area contributed by atoms with Crippen molar-refractivity contribution in [2.45, 2.75) is 51.9 Å². The van der Waals surface area contributed by atoms with Gasteiger partial charge in [0.1, 0.15) is 11.8 Å². The largest absolute Gasteiger partial charge is 0.491 e. The molecule has 9 nitrogen and oxygen atoms in total. The van der Waals surface area contributed by atoms with Crippen LogP contribution in [-0.2, 0) is 20.7 Å². The van der Waals surface area contributed by atoms with Gasteiger partial charge in [0.2, 0.25) is 5.82 Å². The average Bonchev–Trinajstić information content (AvgIpc) is 3.34. The summed E-state index contributed by atoms with van der Waals surface area (Å²) in [6, 6.07) is 9.93. The number of ether oxygens (including phenoxy) is 2. The molecule has 198 valence electrons. The molecule has 1 unspecified atom stereocenters. The number of alkyl halides is 3. The van der Waals surface area contributed by atoms with Gasteiger partial charge in [0.15, 0.2) is 0 Å². The van der Waals surface area contributed by atoms with Crippen molar-refractivity contribution in [3.8, 4) is 34.7 Å². The molecule has 0 saturated carbocycles. The van der Waals surface area contributed by atoms with Crippen LogP contribution in [0.2, 0.25) is 0 Å². The van der Waals surface area contributed by atoms with Gasteiger partial charge in [0.25, 0.3) is 5.89 Å². The number of carbonyl (C=O) groups is 2. The van der Waals surface area contributed by atoms with Crippen LogP contribution < -0.4 is 10.1 Å². The SMILES string of the molecule is Cc1c(-c2noc(-c3ccc(OC(C)C)c(C#N)c3)n2)ccc2c1CCNC2CC(=O)OC(=O)C(F)(F)F. The van der Waals surface area contributed by atoms with Crippen LogP contribution in [0.25, 0.3) is 22.8 Å². The number of nitrogens with one attached hydrogen (secondary N) is 1. The highest BCUT2D eigenvalue weighted by Gasteiger charge is 2.42. The Balaban J connectivity index is 1.57. The van der Waals surface area contributed by atoms with Crippen LogP contribution in [0.15, 0.2) is 34.9 Å². The van der Waals surface area contributed by atoms with Crippen molar-refractivity contribution >= 4 is 11.9 Å². The third-order valence-corrected chi connectivity index (χ3v) is 5.96. The first-order valence-corrected chi connectivity index (χ1v) is 11.7. The molecule has 12 heteroatoms. The minimum absolute atomic E-state index is 0.0993. The smallest absolute Gasteiger partial charge is 0.490 e. The quantitative estimate of drug-likeness (QED) is 0.361. The Morgan fingerprint density at radius 1 is 1.26 bits per heavy atom. The van der Waals surface area contributed by atoms with Gasteiger partial charge in [-0.15, -0.1) is 0 Å². The number of hydrogen-bond acceptors (Lipinski definition) is 9. The Morgan fingerprint density at radius 3 is 2.71 bits per heavy atom. The zero-order valence-corrected chi connectivity index (χ0v) is 20.7. The maximum Gasteiger partial charge on any atom is 0.491 e. The molecule has 1 aliphatic heterocycles. The van der Waals surface area contributed by atoms with Crippen LogP contribution in [0.4, 0.5) is 13.2 Å². The number of nitriles is 1. The predicted octanol–water partition coefficient (Wildman–Crippen LogP) is 4.58. The van der Waals surface area contributed by atoms with Gasteiger partial charge in [-0.2, -0.15) is 23.4 Å². The van der Waals surface area contributed by atoms with Crippen LogP contribution in [0.5, 0.6) is 5.75 Å². The minimum Gasteiger partial charge on any atom is -0.490 e. The fourth-order valence-electron chi connectivity index (χ4n) is 4.27. The van der Waals surface area contributed by atoms with E-state index in [9.17, 15) is 28.0 Å². The highest BCUT2D eigenvalue weighted by molar-refractivity contribution is 5.88. The standard InChI is InChI=1S/C26H23F3N4O5/c1-13(2)36-21-7-4-15(10-16(21)12-30)24-32-23(33-38-24)18-5-6-19-17(14(18)3)8-9-31-20(19)11-22(34)37-25(35)26(27,28)29/h4-7,10,13,20,31H,8-9,11H2,1-3H3. The predicted molar refractivity (Wildman–Crippen MR) is 127 cm³/mol. The second-order valence-electron chi connectivity index (χ2n) is 8.94. The van der Waals surface area contributed by atoms with E-state index < -0.39 is 30.6 Å². The molecule has 38 heavy (non-hydrogen) atoms. The zero-order chi connectivity index (χ0) is 27.6. The molecule has 0 aliphatic carbocycles. The lowest BCUT2D eigenvalue weighted by Crippen LogP contribution is -2.34. The summed E-state index contributed by atoms with van der Waals surface area (Å²) in [6.45, 7) is 6.03. The lowest BCUT2D eigenvalue weighted by Gasteiger charge is -2.28. The van der Waals surface area contributed by atoms with Gasteiger partial charge >= 0.3 is 18.1 Å². The van der Waals surface area contributed by atoms with Gasteiger partial charge in [-0.3, -0.25) is 4.79 Å². The number of fused-ring (bicyclic) bond motifs is 1. The Morgan fingerprint density at radius 2 is 2.03 bits per heavy atom. The lowest BCUT2D eigenvalue weighted by molar-refractivity contribution is -0.202. The van der Waals surface area contributed by atoms with Gasteiger partial charge in [0.05, 0.1) is 18.1 Å². The molecule has 1 aromatic heterocycles. The summed E-state index contributed by atoms with van der Waals surface area (Å²) in [4.78, 5) is 27.4. The molecule has 0 bridgehead atoms. The number of aromatic nitrogens is 2. The number of rotatable bonds is 6. The Bertz CT molecular complexity index is 1430. The van der Waals surface area contributed by atoms with Gasteiger partial charge in [0, 0.05) is 17.2 Å². The summed E-state index contributed by atoms with van der Waals surface area (Å²) in [6.07, 6.45) is -5.20. The molecule has 1 atom stereocenters. The fraction of sp³-hybridized carbons (Fsp3) is 0.346. The molecular weight excluding hydrogens is 505 g/mol. The first-order chi connectivity index (χ1) is 18.0. The summed E-state index contributed by atoms with van der Waals surface area (Å²) in [5, 5.41) is 16.7. The summed E-state index contributed by atoms with van der Waals surface area (Å²) >= 11 is 0. The van der Waals surface area contributed by atoms with E-state index in [1.54, 1.807) is 30.3 Å². The normalized spacial score (nSPS) is 15.1. The van der Waals surface area contributed by atoms with Crippen molar-refractivity contribution < 1.29 is 36.8 Å². The first kappa shape index (κ1) is 26.8. The van der Waals surface area contributed by atoms with Crippen molar-refractivity contribution in [3.05, 3.63) is 52.6 Å². The summed E-state index contributed by atoms with van der Waals surface area (Å²) in [5.41, 5.74) is 3.96. The summed E-state index contributed by atoms with van der Waals surface area (Å²) in [7, 11) is 0.